The number of ether oxygens (including phenoxy) is 3. The molecule has 164 valence electrons. The number of methoxy groups -OCH3 is 2. The highest BCUT2D eigenvalue weighted by atomic mass is 32.2. The molecule has 30 heavy (non-hydrogen) atoms. The monoisotopic (exact) mass is 438 g/mol. The number of primary sulfonamides is 1. The smallest absolute Gasteiger partial charge is 0.338 e. The maximum atomic E-state index is 12.6. The molecule has 1 aromatic heterocycles. The lowest BCUT2D eigenvalue weighted by Gasteiger charge is -2.17. The van der Waals surface area contributed by atoms with E-state index >= 15 is 0 Å². The highest BCUT2D eigenvalue weighted by Gasteiger charge is 2.22. The molecule has 1 aromatic carbocycles. The van der Waals surface area contributed by atoms with E-state index in [1.54, 1.807) is 13.2 Å². The molecule has 0 saturated carbocycles. The van der Waals surface area contributed by atoms with Crippen LogP contribution in [0.15, 0.2) is 29.2 Å². The summed E-state index contributed by atoms with van der Waals surface area (Å²) >= 11 is 0. The van der Waals surface area contributed by atoms with Crippen molar-refractivity contribution < 1.29 is 32.2 Å². The van der Waals surface area contributed by atoms with Crippen LogP contribution in [-0.4, -0.2) is 52.2 Å². The molecule has 10 heteroatoms. The van der Waals surface area contributed by atoms with Gasteiger partial charge in [0.1, 0.15) is 10.6 Å². The summed E-state index contributed by atoms with van der Waals surface area (Å²) in [6, 6.07) is 5.46. The van der Waals surface area contributed by atoms with Gasteiger partial charge in [-0.1, -0.05) is 0 Å². The number of carbonyl (C=O) groups is 2. The van der Waals surface area contributed by atoms with Gasteiger partial charge < -0.3 is 18.8 Å². The lowest BCUT2D eigenvalue weighted by Crippen LogP contribution is -2.18. The minimum Gasteiger partial charge on any atom is -0.495 e. The molecular weight excluding hydrogens is 412 g/mol. The summed E-state index contributed by atoms with van der Waals surface area (Å²) in [5.74, 6) is -1.22. The van der Waals surface area contributed by atoms with E-state index in [0.717, 1.165) is 17.5 Å². The van der Waals surface area contributed by atoms with Gasteiger partial charge in [-0.3, -0.25) is 4.79 Å². The number of nitrogens with two attached hydrogens (primary N) is 1. The van der Waals surface area contributed by atoms with Crippen molar-refractivity contribution >= 4 is 21.8 Å². The summed E-state index contributed by atoms with van der Waals surface area (Å²) in [6.45, 7) is 5.68. The van der Waals surface area contributed by atoms with Gasteiger partial charge in [0, 0.05) is 24.1 Å². The molecule has 0 aliphatic rings. The van der Waals surface area contributed by atoms with E-state index in [0.29, 0.717) is 12.2 Å². The van der Waals surface area contributed by atoms with E-state index in [2.05, 4.69) is 0 Å². The predicted molar refractivity (Wildman–Crippen MR) is 109 cm³/mol. The van der Waals surface area contributed by atoms with Gasteiger partial charge in [-0.15, -0.1) is 0 Å². The van der Waals surface area contributed by atoms with Crippen LogP contribution >= 0.6 is 0 Å². The number of rotatable bonds is 9. The maximum Gasteiger partial charge on any atom is 0.338 e. The van der Waals surface area contributed by atoms with Gasteiger partial charge in [-0.2, -0.15) is 0 Å². The topological polar surface area (TPSA) is 127 Å². The number of carbonyl (C=O) groups excluding carboxylic acids is 2. The number of benzene rings is 1. The highest BCUT2D eigenvalue weighted by Crippen LogP contribution is 2.24. The zero-order valence-corrected chi connectivity index (χ0v) is 18.4. The van der Waals surface area contributed by atoms with Crippen LogP contribution in [0, 0.1) is 13.8 Å². The summed E-state index contributed by atoms with van der Waals surface area (Å²) in [5, 5.41) is 5.15. The number of sulfonamides is 1. The molecule has 0 radical (unpaired) electrons. The van der Waals surface area contributed by atoms with Gasteiger partial charge in [-0.25, -0.2) is 18.4 Å². The Morgan fingerprint density at radius 3 is 2.40 bits per heavy atom. The first-order valence-electron chi connectivity index (χ1n) is 9.09. The predicted octanol–water partition coefficient (Wildman–Crippen LogP) is 2.01. The largest absolute Gasteiger partial charge is 0.495 e. The van der Waals surface area contributed by atoms with Crippen LogP contribution in [0.25, 0.3) is 0 Å². The Hall–Kier alpha value is -2.69. The van der Waals surface area contributed by atoms with Crippen LogP contribution in [0.1, 0.15) is 45.1 Å². The fourth-order valence-corrected chi connectivity index (χ4v) is 4.09. The molecule has 0 aliphatic heterocycles. The highest BCUT2D eigenvalue weighted by molar-refractivity contribution is 7.89. The second-order valence-electron chi connectivity index (χ2n) is 6.87. The van der Waals surface area contributed by atoms with Crippen molar-refractivity contribution in [2.75, 3.05) is 27.4 Å². The van der Waals surface area contributed by atoms with E-state index in [9.17, 15) is 18.0 Å². The molecule has 1 atom stereocenters. The van der Waals surface area contributed by atoms with Crippen LogP contribution in [-0.2, 0) is 19.5 Å². The lowest BCUT2D eigenvalue weighted by molar-refractivity contribution is 0.0474. The molecule has 0 saturated heterocycles. The van der Waals surface area contributed by atoms with Crippen LogP contribution in [0.2, 0.25) is 0 Å². The van der Waals surface area contributed by atoms with Gasteiger partial charge in [0.15, 0.2) is 6.61 Å². The molecule has 0 bridgehead atoms. The summed E-state index contributed by atoms with van der Waals surface area (Å²) in [5.41, 5.74) is 2.02. The summed E-state index contributed by atoms with van der Waals surface area (Å²) in [4.78, 5) is 24.6. The minimum atomic E-state index is -4.11. The third-order valence-corrected chi connectivity index (χ3v) is 5.61. The first kappa shape index (κ1) is 23.6. The molecule has 0 spiro atoms. The van der Waals surface area contributed by atoms with Gasteiger partial charge in [-0.05, 0) is 45.0 Å². The third-order valence-electron chi connectivity index (χ3n) is 4.67. The van der Waals surface area contributed by atoms with E-state index in [4.69, 9.17) is 19.3 Å². The van der Waals surface area contributed by atoms with E-state index in [1.165, 1.54) is 19.2 Å². The van der Waals surface area contributed by atoms with Crippen molar-refractivity contribution in [2.24, 2.45) is 5.14 Å². The number of Topliss-reactive ketones (excluding diaryl/α,β-unsaturated/α-hetero) is 1. The van der Waals surface area contributed by atoms with Gasteiger partial charge >= 0.3 is 5.97 Å². The number of aromatic nitrogens is 1. The van der Waals surface area contributed by atoms with Gasteiger partial charge in [0.05, 0.1) is 25.3 Å². The number of nitrogens with zero attached hydrogens (tertiary/aromatic N) is 1. The van der Waals surface area contributed by atoms with Crippen molar-refractivity contribution in [1.29, 1.82) is 0 Å². The number of hydrogen-bond acceptors (Lipinski definition) is 7. The molecule has 2 N–H and O–H groups in total. The van der Waals surface area contributed by atoms with Crippen LogP contribution in [0.3, 0.4) is 0 Å². The van der Waals surface area contributed by atoms with Gasteiger partial charge in [0.2, 0.25) is 15.8 Å². The summed E-state index contributed by atoms with van der Waals surface area (Å²) in [7, 11) is -1.22. The SMILES string of the molecule is COCC(C)n1c(C)cc(C(=O)COC(=O)c2ccc(OC)c(S(N)(=O)=O)c2)c1C. The van der Waals surface area contributed by atoms with Crippen molar-refractivity contribution in [1.82, 2.24) is 4.57 Å². The molecule has 1 unspecified atom stereocenters. The fourth-order valence-electron chi connectivity index (χ4n) is 3.37. The maximum absolute atomic E-state index is 12.6. The Kier molecular flexibility index (Phi) is 7.40. The average molecular weight is 439 g/mol. The Morgan fingerprint density at radius 2 is 1.83 bits per heavy atom. The van der Waals surface area contributed by atoms with Crippen LogP contribution in [0.5, 0.6) is 5.75 Å². The molecule has 0 amide bonds. The minimum absolute atomic E-state index is 0.00254. The Morgan fingerprint density at radius 1 is 1.17 bits per heavy atom. The average Bonchev–Trinajstić information content (AvgIpc) is 2.99. The second kappa shape index (κ2) is 9.41. The molecule has 0 fully saturated rings. The zero-order valence-electron chi connectivity index (χ0n) is 17.6. The van der Waals surface area contributed by atoms with E-state index in [-0.39, 0.29) is 28.0 Å². The molecular formula is C20H26N2O7S. The molecule has 0 aliphatic carbocycles. The Balaban J connectivity index is 2.18. The number of ketones is 1. The number of esters is 1. The quantitative estimate of drug-likeness (QED) is 0.469. The number of hydrogen-bond donors (Lipinski definition) is 1. The standard InChI is InChI=1S/C20H26N2O7S/c1-12-8-16(14(3)22(12)13(2)10-27-4)17(23)11-29-20(24)15-6-7-18(28-5)19(9-15)30(21,25)26/h6-9,13H,10-11H2,1-5H3,(H2,21,25,26). The van der Waals surface area contributed by atoms with Crippen molar-refractivity contribution in [3.63, 3.8) is 0 Å². The van der Waals surface area contributed by atoms with E-state index < -0.39 is 22.6 Å². The molecule has 2 rings (SSSR count). The normalized spacial score (nSPS) is 12.5. The Bertz CT molecular complexity index is 1060. The van der Waals surface area contributed by atoms with Crippen molar-refractivity contribution in [3.8, 4) is 5.75 Å². The lowest BCUT2D eigenvalue weighted by atomic mass is 10.1. The first-order chi connectivity index (χ1) is 14.0. The Labute approximate surface area is 175 Å². The third kappa shape index (κ3) is 5.07. The first-order valence-corrected chi connectivity index (χ1v) is 10.6. The van der Waals surface area contributed by atoms with Crippen LogP contribution in [0.4, 0.5) is 0 Å². The second-order valence-corrected chi connectivity index (χ2v) is 8.40. The number of aryl methyl sites for hydroxylation is 1. The van der Waals surface area contributed by atoms with E-state index in [1.807, 2.05) is 25.3 Å². The van der Waals surface area contributed by atoms with Crippen molar-refractivity contribution in [2.45, 2.75) is 31.7 Å². The zero-order chi connectivity index (χ0) is 22.6. The van der Waals surface area contributed by atoms with Gasteiger partial charge in [0.25, 0.3) is 0 Å². The molecule has 1 heterocycles. The van der Waals surface area contributed by atoms with Crippen molar-refractivity contribution in [3.05, 3.63) is 46.8 Å². The molecule has 9 nitrogen and oxygen atoms in total. The van der Waals surface area contributed by atoms with Crippen LogP contribution < -0.4 is 9.88 Å². The molecule has 2 aromatic rings. The summed E-state index contributed by atoms with van der Waals surface area (Å²) < 4.78 is 40.6. The fraction of sp³-hybridized carbons (Fsp3) is 0.400. The summed E-state index contributed by atoms with van der Waals surface area (Å²) in [6.07, 6.45) is 0.